The lowest BCUT2D eigenvalue weighted by molar-refractivity contribution is 1.01. The SMILES string of the molecule is CC.O=c1[nH]ncc2scc(Br)c12. The van der Waals surface area contributed by atoms with E-state index in [-0.39, 0.29) is 5.56 Å². The lowest BCUT2D eigenvalue weighted by Gasteiger charge is -1.85. The molecular weight excluding hydrogens is 252 g/mol. The van der Waals surface area contributed by atoms with Gasteiger partial charge < -0.3 is 0 Å². The van der Waals surface area contributed by atoms with Crippen molar-refractivity contribution >= 4 is 37.4 Å². The van der Waals surface area contributed by atoms with Gasteiger partial charge in [0.15, 0.2) is 0 Å². The van der Waals surface area contributed by atoms with Crippen LogP contribution in [0, 0.1) is 0 Å². The van der Waals surface area contributed by atoms with E-state index in [9.17, 15) is 4.79 Å². The first-order chi connectivity index (χ1) is 6.29. The number of fused-ring (bicyclic) bond motifs is 1. The normalized spacial score (nSPS) is 9.46. The van der Waals surface area contributed by atoms with Gasteiger partial charge in [-0.2, -0.15) is 5.10 Å². The standard InChI is InChI=1S/C6H3BrN2OS.C2H6/c7-3-2-11-4-1-8-9-6(10)5(3)4;1-2/h1-2H,(H,9,10);1-2H3. The first-order valence-corrected chi connectivity index (χ1v) is 5.56. The average molecular weight is 261 g/mol. The molecule has 0 amide bonds. The molecule has 0 saturated heterocycles. The van der Waals surface area contributed by atoms with Gasteiger partial charge in [-0.25, -0.2) is 5.10 Å². The number of halogens is 1. The van der Waals surface area contributed by atoms with Crippen molar-refractivity contribution < 1.29 is 0 Å². The van der Waals surface area contributed by atoms with Gasteiger partial charge in [-0.15, -0.1) is 11.3 Å². The van der Waals surface area contributed by atoms with Crippen LogP contribution in [0.25, 0.3) is 10.1 Å². The predicted molar refractivity (Wildman–Crippen MR) is 59.3 cm³/mol. The van der Waals surface area contributed by atoms with Crippen molar-refractivity contribution in [3.8, 4) is 0 Å². The van der Waals surface area contributed by atoms with Gasteiger partial charge in [-0.05, 0) is 15.9 Å². The van der Waals surface area contributed by atoms with Crippen molar-refractivity contribution in [2.75, 3.05) is 0 Å². The Bertz CT molecular complexity index is 449. The molecule has 0 saturated carbocycles. The summed E-state index contributed by atoms with van der Waals surface area (Å²) in [6.45, 7) is 4.00. The van der Waals surface area contributed by atoms with Gasteiger partial charge in [0.05, 0.1) is 16.3 Å². The van der Waals surface area contributed by atoms with Gasteiger partial charge in [0.2, 0.25) is 0 Å². The average Bonchev–Trinajstić information content (AvgIpc) is 2.53. The van der Waals surface area contributed by atoms with Crippen molar-refractivity contribution in [2.24, 2.45) is 0 Å². The van der Waals surface area contributed by atoms with Crippen LogP contribution in [0.15, 0.2) is 20.8 Å². The van der Waals surface area contributed by atoms with Crippen LogP contribution in [0.2, 0.25) is 0 Å². The Hall–Kier alpha value is -0.680. The molecule has 0 aliphatic rings. The van der Waals surface area contributed by atoms with Crippen LogP contribution in [0.1, 0.15) is 13.8 Å². The highest BCUT2D eigenvalue weighted by molar-refractivity contribution is 9.10. The Morgan fingerprint density at radius 1 is 1.54 bits per heavy atom. The van der Waals surface area contributed by atoms with E-state index in [0.29, 0.717) is 5.39 Å². The van der Waals surface area contributed by atoms with Crippen molar-refractivity contribution in [3.63, 3.8) is 0 Å². The third-order valence-corrected chi connectivity index (χ3v) is 3.20. The Balaban J connectivity index is 0.000000396. The van der Waals surface area contributed by atoms with E-state index in [2.05, 4.69) is 26.1 Å². The van der Waals surface area contributed by atoms with Crippen LogP contribution >= 0.6 is 27.3 Å². The summed E-state index contributed by atoms with van der Waals surface area (Å²) in [4.78, 5) is 11.1. The Kier molecular flexibility index (Phi) is 3.62. The van der Waals surface area contributed by atoms with Crippen molar-refractivity contribution in [1.29, 1.82) is 0 Å². The Morgan fingerprint density at radius 2 is 2.23 bits per heavy atom. The molecule has 70 valence electrons. The number of hydrogen-bond acceptors (Lipinski definition) is 3. The van der Waals surface area contributed by atoms with Gasteiger partial charge in [-0.1, -0.05) is 13.8 Å². The van der Waals surface area contributed by atoms with E-state index in [1.807, 2.05) is 19.2 Å². The second kappa shape index (κ2) is 4.53. The second-order valence-corrected chi connectivity index (χ2v) is 3.79. The van der Waals surface area contributed by atoms with Crippen molar-refractivity contribution in [1.82, 2.24) is 10.2 Å². The number of nitrogens with one attached hydrogen (secondary N) is 1. The van der Waals surface area contributed by atoms with Crippen LogP contribution < -0.4 is 5.56 Å². The quantitative estimate of drug-likeness (QED) is 0.792. The molecule has 0 aliphatic carbocycles. The summed E-state index contributed by atoms with van der Waals surface area (Å²) in [6.07, 6.45) is 1.64. The van der Waals surface area contributed by atoms with Crippen LogP contribution in [-0.2, 0) is 0 Å². The first-order valence-electron chi connectivity index (χ1n) is 3.89. The zero-order valence-electron chi connectivity index (χ0n) is 7.30. The predicted octanol–water partition coefficient (Wildman–Crippen LogP) is 2.77. The lowest BCUT2D eigenvalue weighted by Crippen LogP contribution is -2.05. The van der Waals surface area contributed by atoms with Gasteiger partial charge in [-0.3, -0.25) is 4.79 Å². The van der Waals surface area contributed by atoms with Crippen LogP contribution in [0.5, 0.6) is 0 Å². The minimum absolute atomic E-state index is 0.143. The molecule has 3 nitrogen and oxygen atoms in total. The number of aromatic amines is 1. The van der Waals surface area contributed by atoms with E-state index in [4.69, 9.17) is 0 Å². The number of thiophene rings is 1. The summed E-state index contributed by atoms with van der Waals surface area (Å²) in [5, 5.41) is 8.61. The van der Waals surface area contributed by atoms with E-state index in [0.717, 1.165) is 9.17 Å². The van der Waals surface area contributed by atoms with E-state index in [1.165, 1.54) is 11.3 Å². The summed E-state index contributed by atoms with van der Waals surface area (Å²) >= 11 is 4.78. The molecule has 0 atom stereocenters. The third-order valence-electron chi connectivity index (χ3n) is 1.35. The fourth-order valence-electron chi connectivity index (χ4n) is 0.872. The third kappa shape index (κ3) is 1.97. The maximum absolute atomic E-state index is 11.1. The monoisotopic (exact) mass is 260 g/mol. The molecule has 13 heavy (non-hydrogen) atoms. The van der Waals surface area contributed by atoms with Crippen LogP contribution in [0.4, 0.5) is 0 Å². The fraction of sp³-hybridized carbons (Fsp3) is 0.250. The maximum Gasteiger partial charge on any atom is 0.274 e. The summed E-state index contributed by atoms with van der Waals surface area (Å²) in [5.41, 5.74) is -0.143. The van der Waals surface area contributed by atoms with Crippen LogP contribution in [0.3, 0.4) is 0 Å². The maximum atomic E-state index is 11.1. The molecule has 1 N–H and O–H groups in total. The highest BCUT2D eigenvalue weighted by atomic mass is 79.9. The molecule has 2 aromatic heterocycles. The largest absolute Gasteiger partial charge is 0.274 e. The fourth-order valence-corrected chi connectivity index (χ4v) is 2.46. The lowest BCUT2D eigenvalue weighted by atomic mass is 10.4. The zero-order valence-corrected chi connectivity index (χ0v) is 9.70. The van der Waals surface area contributed by atoms with Crippen LogP contribution in [-0.4, -0.2) is 10.2 Å². The molecule has 2 aromatic rings. The summed E-state index contributed by atoms with van der Waals surface area (Å²) in [7, 11) is 0. The number of rotatable bonds is 0. The smallest absolute Gasteiger partial charge is 0.267 e. The van der Waals surface area contributed by atoms with E-state index >= 15 is 0 Å². The molecule has 0 aromatic carbocycles. The minimum Gasteiger partial charge on any atom is -0.267 e. The molecule has 0 aliphatic heterocycles. The van der Waals surface area contributed by atoms with E-state index < -0.39 is 0 Å². The van der Waals surface area contributed by atoms with Crippen molar-refractivity contribution in [2.45, 2.75) is 13.8 Å². The van der Waals surface area contributed by atoms with Gasteiger partial charge in [0.25, 0.3) is 5.56 Å². The second-order valence-electron chi connectivity index (χ2n) is 2.02. The van der Waals surface area contributed by atoms with Gasteiger partial charge in [0.1, 0.15) is 0 Å². The molecule has 2 rings (SSSR count). The molecule has 0 radical (unpaired) electrons. The van der Waals surface area contributed by atoms with Crippen molar-refractivity contribution in [3.05, 3.63) is 26.4 Å². The number of H-pyrrole nitrogens is 1. The molecule has 5 heteroatoms. The zero-order chi connectivity index (χ0) is 9.84. The summed E-state index contributed by atoms with van der Waals surface area (Å²) in [5.74, 6) is 0. The summed E-state index contributed by atoms with van der Waals surface area (Å²) in [6, 6.07) is 0. The molecule has 0 unspecified atom stereocenters. The van der Waals surface area contributed by atoms with Gasteiger partial charge in [0, 0.05) is 9.85 Å². The number of nitrogens with zero attached hydrogens (tertiary/aromatic N) is 1. The minimum atomic E-state index is -0.143. The topological polar surface area (TPSA) is 45.8 Å². The van der Waals surface area contributed by atoms with E-state index in [1.54, 1.807) is 6.20 Å². The Labute approximate surface area is 87.9 Å². The van der Waals surface area contributed by atoms with Gasteiger partial charge >= 0.3 is 0 Å². The molecule has 0 fully saturated rings. The molecule has 0 spiro atoms. The molecule has 0 bridgehead atoms. The number of hydrogen-bond donors (Lipinski definition) is 1. The first kappa shape index (κ1) is 10.4. The molecular formula is C8H9BrN2OS. The number of aromatic nitrogens is 2. The highest BCUT2D eigenvalue weighted by Crippen LogP contribution is 2.25. The Morgan fingerprint density at radius 3 is 2.85 bits per heavy atom. The molecule has 2 heterocycles. The summed E-state index contributed by atoms with van der Waals surface area (Å²) < 4.78 is 1.74. The highest BCUT2D eigenvalue weighted by Gasteiger charge is 2.04.